The molecule has 6 rings (SSSR count). The molecule has 186 valence electrons. The van der Waals surface area contributed by atoms with Gasteiger partial charge in [0.25, 0.3) is 0 Å². The summed E-state index contributed by atoms with van der Waals surface area (Å²) in [6, 6.07) is 14.9. The van der Waals surface area contributed by atoms with Gasteiger partial charge in [-0.05, 0) is 55.4 Å². The van der Waals surface area contributed by atoms with Crippen LogP contribution in [-0.4, -0.2) is 41.2 Å². The summed E-state index contributed by atoms with van der Waals surface area (Å²) in [5.41, 5.74) is 3.90. The monoisotopic (exact) mass is 494 g/mol. The summed E-state index contributed by atoms with van der Waals surface area (Å²) in [6.07, 6.45) is 0.907. The molecule has 3 aromatic rings. The highest BCUT2D eigenvalue weighted by Crippen LogP contribution is 2.55. The molecule has 4 heterocycles. The van der Waals surface area contributed by atoms with Crippen molar-refractivity contribution in [3.63, 3.8) is 0 Å². The molecular weight excluding hydrogens is 469 g/mol. The number of para-hydroxylation sites is 1. The number of benzene rings is 2. The number of fused-ring (bicyclic) bond motifs is 4. The fourth-order valence-electron chi connectivity index (χ4n) is 6.40. The van der Waals surface area contributed by atoms with Crippen LogP contribution in [0, 0.1) is 5.92 Å². The van der Waals surface area contributed by atoms with Crippen molar-refractivity contribution in [3.8, 4) is 28.4 Å². The van der Waals surface area contributed by atoms with Crippen molar-refractivity contribution in [1.29, 1.82) is 0 Å². The molecule has 0 radical (unpaired) electrons. The Hall–Kier alpha value is -3.55. The van der Waals surface area contributed by atoms with E-state index in [1.807, 2.05) is 42.5 Å². The lowest BCUT2D eigenvalue weighted by Gasteiger charge is -2.43. The van der Waals surface area contributed by atoms with Crippen LogP contribution in [-0.2, 0) is 4.79 Å². The van der Waals surface area contributed by atoms with Gasteiger partial charge in [0, 0.05) is 47.1 Å². The third kappa shape index (κ3) is 3.70. The van der Waals surface area contributed by atoms with E-state index in [1.165, 1.54) is 0 Å². The quantitative estimate of drug-likeness (QED) is 0.427. The SMILES string of the molecule is COc1cccc2c1Oc1cc(-c3cccnc3)ccc1C2C1CC2CCC(C1)N2C(=O)C(F)(F)F. The van der Waals surface area contributed by atoms with Crippen molar-refractivity contribution in [2.75, 3.05) is 7.11 Å². The van der Waals surface area contributed by atoms with Gasteiger partial charge < -0.3 is 14.4 Å². The molecule has 2 fully saturated rings. The van der Waals surface area contributed by atoms with Crippen LogP contribution >= 0.6 is 0 Å². The van der Waals surface area contributed by atoms with Crippen LogP contribution in [0.2, 0.25) is 0 Å². The van der Waals surface area contributed by atoms with Gasteiger partial charge in [0.15, 0.2) is 11.5 Å². The van der Waals surface area contributed by atoms with Crippen LogP contribution in [0.15, 0.2) is 60.9 Å². The molecule has 0 spiro atoms. The van der Waals surface area contributed by atoms with Crippen molar-refractivity contribution < 1.29 is 27.4 Å². The Morgan fingerprint density at radius 2 is 1.81 bits per heavy atom. The number of halogens is 3. The van der Waals surface area contributed by atoms with Gasteiger partial charge in [-0.3, -0.25) is 9.78 Å². The molecule has 3 atom stereocenters. The zero-order valence-corrected chi connectivity index (χ0v) is 19.7. The van der Waals surface area contributed by atoms with E-state index in [-0.39, 0.29) is 11.8 Å². The van der Waals surface area contributed by atoms with E-state index in [9.17, 15) is 18.0 Å². The Labute approximate surface area is 206 Å². The number of hydrogen-bond donors (Lipinski definition) is 0. The maximum atomic E-state index is 13.3. The van der Waals surface area contributed by atoms with Crippen LogP contribution in [0.25, 0.3) is 11.1 Å². The molecular formula is C28H25F3N2O3. The zero-order valence-electron chi connectivity index (χ0n) is 19.7. The highest BCUT2D eigenvalue weighted by atomic mass is 19.4. The zero-order chi connectivity index (χ0) is 25.0. The van der Waals surface area contributed by atoms with E-state index in [1.54, 1.807) is 19.5 Å². The van der Waals surface area contributed by atoms with E-state index >= 15 is 0 Å². The van der Waals surface area contributed by atoms with Crippen molar-refractivity contribution in [3.05, 3.63) is 72.1 Å². The van der Waals surface area contributed by atoms with Crippen molar-refractivity contribution >= 4 is 5.91 Å². The second-order valence-corrected chi connectivity index (χ2v) is 9.78. The van der Waals surface area contributed by atoms with Crippen molar-refractivity contribution in [2.24, 2.45) is 5.92 Å². The minimum atomic E-state index is -4.85. The number of methoxy groups -OCH3 is 1. The van der Waals surface area contributed by atoms with Gasteiger partial charge in [-0.15, -0.1) is 0 Å². The van der Waals surface area contributed by atoms with E-state index in [2.05, 4.69) is 11.1 Å². The second-order valence-electron chi connectivity index (χ2n) is 9.78. The summed E-state index contributed by atoms with van der Waals surface area (Å²) >= 11 is 0. The van der Waals surface area contributed by atoms with Crippen molar-refractivity contribution in [1.82, 2.24) is 9.88 Å². The minimum Gasteiger partial charge on any atom is -0.493 e. The third-order valence-electron chi connectivity index (χ3n) is 7.84. The number of ether oxygens (including phenoxy) is 2. The van der Waals surface area contributed by atoms with Crippen LogP contribution in [0.3, 0.4) is 0 Å². The second kappa shape index (κ2) is 8.54. The molecule has 3 aliphatic rings. The first-order valence-corrected chi connectivity index (χ1v) is 12.1. The van der Waals surface area contributed by atoms with Crippen LogP contribution in [0.1, 0.15) is 42.7 Å². The predicted octanol–water partition coefficient (Wildman–Crippen LogP) is 6.33. The van der Waals surface area contributed by atoms with Gasteiger partial charge in [0.1, 0.15) is 5.75 Å². The number of aromatic nitrogens is 1. The normalized spacial score (nSPS) is 24.5. The number of piperidine rings is 1. The number of nitrogens with zero attached hydrogens (tertiary/aromatic N) is 2. The number of pyridine rings is 1. The minimum absolute atomic E-state index is 0.0672. The Morgan fingerprint density at radius 1 is 1.03 bits per heavy atom. The highest BCUT2D eigenvalue weighted by molar-refractivity contribution is 5.83. The summed E-state index contributed by atoms with van der Waals surface area (Å²) in [7, 11) is 1.59. The molecule has 3 unspecified atom stereocenters. The summed E-state index contributed by atoms with van der Waals surface area (Å²) in [5, 5.41) is 0. The Balaban J connectivity index is 1.41. The molecule has 1 amide bonds. The molecule has 2 bridgehead atoms. The summed E-state index contributed by atoms with van der Waals surface area (Å²) in [5.74, 6) is 0.249. The molecule has 1 aromatic heterocycles. The molecule has 0 saturated carbocycles. The average molecular weight is 495 g/mol. The van der Waals surface area contributed by atoms with Crippen LogP contribution in [0.5, 0.6) is 17.2 Å². The molecule has 2 saturated heterocycles. The smallest absolute Gasteiger partial charge is 0.471 e. The van der Waals surface area contributed by atoms with Gasteiger partial charge in [-0.25, -0.2) is 0 Å². The molecule has 3 aliphatic heterocycles. The maximum absolute atomic E-state index is 13.3. The first-order chi connectivity index (χ1) is 17.3. The molecule has 5 nitrogen and oxygen atoms in total. The standard InChI is InChI=1S/C28H25F3N2O3/c1-35-23-6-2-5-22-25(18-12-19-8-9-20(13-18)33(19)27(34)28(29,30)31)21-10-7-16(14-24(21)36-26(22)23)17-4-3-11-32-15-17/h2-7,10-11,14-15,18-20,25H,8-9,12-13H2,1H3. The van der Waals surface area contributed by atoms with Gasteiger partial charge >= 0.3 is 12.1 Å². The third-order valence-corrected chi connectivity index (χ3v) is 7.84. The molecule has 0 aliphatic carbocycles. The van der Waals surface area contributed by atoms with Crippen LogP contribution in [0.4, 0.5) is 13.2 Å². The topological polar surface area (TPSA) is 51.7 Å². The number of rotatable bonds is 3. The van der Waals surface area contributed by atoms with Crippen LogP contribution < -0.4 is 9.47 Å². The summed E-state index contributed by atoms with van der Waals surface area (Å²) in [4.78, 5) is 17.5. The Bertz CT molecular complexity index is 1300. The predicted molar refractivity (Wildman–Crippen MR) is 127 cm³/mol. The average Bonchev–Trinajstić information content (AvgIpc) is 3.14. The van der Waals surface area contributed by atoms with Gasteiger partial charge in [-0.1, -0.05) is 30.3 Å². The van der Waals surface area contributed by atoms with E-state index in [0.717, 1.165) is 27.2 Å². The largest absolute Gasteiger partial charge is 0.493 e. The lowest BCUT2D eigenvalue weighted by molar-refractivity contribution is -0.190. The number of amides is 1. The van der Waals surface area contributed by atoms with Gasteiger partial charge in [-0.2, -0.15) is 13.2 Å². The lowest BCUT2D eigenvalue weighted by atomic mass is 9.72. The number of hydrogen-bond acceptors (Lipinski definition) is 4. The first-order valence-electron chi connectivity index (χ1n) is 12.1. The van der Waals surface area contributed by atoms with Gasteiger partial charge in [0.05, 0.1) is 7.11 Å². The number of carbonyl (C=O) groups excluding carboxylic acids is 1. The fraction of sp³-hybridized carbons (Fsp3) is 0.357. The summed E-state index contributed by atoms with van der Waals surface area (Å²) in [6.45, 7) is 0. The highest BCUT2D eigenvalue weighted by Gasteiger charge is 2.53. The molecule has 0 N–H and O–H groups in total. The Morgan fingerprint density at radius 3 is 2.47 bits per heavy atom. The fourth-order valence-corrected chi connectivity index (χ4v) is 6.40. The van der Waals surface area contributed by atoms with E-state index < -0.39 is 24.2 Å². The molecule has 8 heteroatoms. The molecule has 36 heavy (non-hydrogen) atoms. The maximum Gasteiger partial charge on any atom is 0.471 e. The number of alkyl halides is 3. The first kappa shape index (κ1) is 22.9. The van der Waals surface area contributed by atoms with Gasteiger partial charge in [0.2, 0.25) is 0 Å². The number of carbonyl (C=O) groups is 1. The summed E-state index contributed by atoms with van der Waals surface area (Å²) < 4.78 is 51.9. The van der Waals surface area contributed by atoms with E-state index in [4.69, 9.17) is 9.47 Å². The lowest BCUT2D eigenvalue weighted by Crippen LogP contribution is -2.52. The van der Waals surface area contributed by atoms with E-state index in [0.29, 0.717) is 42.9 Å². The van der Waals surface area contributed by atoms with Crippen molar-refractivity contribution in [2.45, 2.75) is 49.9 Å². The molecule has 2 aromatic carbocycles. The Kier molecular flexibility index (Phi) is 5.43.